The monoisotopic (exact) mass is 227 g/mol. The van der Waals surface area contributed by atoms with Crippen LogP contribution in [0.2, 0.25) is 0 Å². The van der Waals surface area contributed by atoms with Crippen LogP contribution in [0.3, 0.4) is 0 Å². The van der Waals surface area contributed by atoms with Gasteiger partial charge in [-0.05, 0) is 19.3 Å². The number of rotatable bonds is 1. The van der Waals surface area contributed by atoms with Crippen LogP contribution in [0.1, 0.15) is 19.3 Å². The van der Waals surface area contributed by atoms with Gasteiger partial charge in [-0.1, -0.05) is 0 Å². The number of hydrogen-bond acceptors (Lipinski definition) is 3. The van der Waals surface area contributed by atoms with Gasteiger partial charge in [-0.15, -0.1) is 0 Å². The molecule has 0 aromatic heterocycles. The first-order chi connectivity index (χ1) is 7.34. The van der Waals surface area contributed by atoms with Gasteiger partial charge >= 0.3 is 0 Å². The molecule has 0 N–H and O–H groups in total. The van der Waals surface area contributed by atoms with E-state index < -0.39 is 0 Å². The number of hydrogen-bond donors (Lipinski definition) is 0. The highest BCUT2D eigenvalue weighted by Crippen LogP contribution is 2.39. The molecule has 3 rings (SSSR count). The Labute approximate surface area is 94.5 Å². The van der Waals surface area contributed by atoms with Crippen molar-refractivity contribution in [1.29, 1.82) is 0 Å². The number of nitrogens with zero attached hydrogens (tertiary/aromatic N) is 1. The molecule has 15 heavy (non-hydrogen) atoms. The van der Waals surface area contributed by atoms with E-state index in [0.717, 1.165) is 37.4 Å². The van der Waals surface area contributed by atoms with Crippen molar-refractivity contribution >= 4 is 17.7 Å². The number of carbonyl (C=O) groups excluding carboxylic acids is 1. The summed E-state index contributed by atoms with van der Waals surface area (Å²) >= 11 is 1.95. The minimum absolute atomic E-state index is 0.187. The summed E-state index contributed by atoms with van der Waals surface area (Å²) in [5.74, 6) is 2.76. The van der Waals surface area contributed by atoms with Gasteiger partial charge in [0.2, 0.25) is 5.91 Å². The van der Waals surface area contributed by atoms with Gasteiger partial charge in [0.25, 0.3) is 0 Å². The van der Waals surface area contributed by atoms with Crippen LogP contribution >= 0.6 is 11.8 Å². The summed E-state index contributed by atoms with van der Waals surface area (Å²) in [6.45, 7) is 1.88. The van der Waals surface area contributed by atoms with Gasteiger partial charge in [0, 0.05) is 24.6 Å². The molecule has 4 heteroatoms. The van der Waals surface area contributed by atoms with Crippen molar-refractivity contribution in [3.63, 3.8) is 0 Å². The van der Waals surface area contributed by atoms with Crippen molar-refractivity contribution in [1.82, 2.24) is 4.90 Å². The Morgan fingerprint density at radius 3 is 2.67 bits per heavy atom. The molecular formula is C11H17NO2S. The summed E-state index contributed by atoms with van der Waals surface area (Å²) in [6.07, 6.45) is 3.89. The zero-order valence-corrected chi connectivity index (χ0v) is 9.67. The third-order valence-electron chi connectivity index (χ3n) is 3.75. The molecule has 3 aliphatic rings. The molecule has 3 fully saturated rings. The molecule has 0 spiro atoms. The van der Waals surface area contributed by atoms with Crippen LogP contribution < -0.4 is 0 Å². The van der Waals surface area contributed by atoms with E-state index in [4.69, 9.17) is 4.74 Å². The van der Waals surface area contributed by atoms with Crippen LogP contribution in [0.25, 0.3) is 0 Å². The van der Waals surface area contributed by atoms with Crippen LogP contribution in [0.15, 0.2) is 0 Å². The van der Waals surface area contributed by atoms with Crippen molar-refractivity contribution in [2.24, 2.45) is 5.92 Å². The molecule has 0 aromatic carbocycles. The normalized spacial score (nSPS) is 39.7. The second-order valence-electron chi connectivity index (χ2n) is 4.65. The number of carbonyl (C=O) groups is 1. The second-order valence-corrected chi connectivity index (χ2v) is 5.88. The third kappa shape index (κ3) is 1.78. The molecule has 0 radical (unpaired) electrons. The molecule has 3 heterocycles. The van der Waals surface area contributed by atoms with Gasteiger partial charge in [0.15, 0.2) is 0 Å². The first kappa shape index (κ1) is 9.97. The van der Waals surface area contributed by atoms with Crippen LogP contribution in [0, 0.1) is 5.92 Å². The zero-order valence-electron chi connectivity index (χ0n) is 8.85. The maximum Gasteiger partial charge on any atom is 0.228 e. The minimum Gasteiger partial charge on any atom is -0.374 e. The average molecular weight is 227 g/mol. The molecule has 3 aliphatic heterocycles. The van der Waals surface area contributed by atoms with Crippen LogP contribution in [0.5, 0.6) is 0 Å². The van der Waals surface area contributed by atoms with Gasteiger partial charge in [0.1, 0.15) is 0 Å². The Bertz CT molecular complexity index is 265. The average Bonchev–Trinajstić information content (AvgIpc) is 2.91. The summed E-state index contributed by atoms with van der Waals surface area (Å²) in [5, 5.41) is 0. The minimum atomic E-state index is 0.187. The molecule has 3 nitrogen and oxygen atoms in total. The first-order valence-electron chi connectivity index (χ1n) is 5.86. The van der Waals surface area contributed by atoms with Crippen LogP contribution in [-0.4, -0.2) is 47.6 Å². The summed E-state index contributed by atoms with van der Waals surface area (Å²) in [4.78, 5) is 14.3. The quantitative estimate of drug-likeness (QED) is 0.672. The van der Waals surface area contributed by atoms with Gasteiger partial charge in [-0.2, -0.15) is 11.8 Å². The lowest BCUT2D eigenvalue weighted by molar-refractivity contribution is -0.136. The Morgan fingerprint density at radius 2 is 2.07 bits per heavy atom. The maximum atomic E-state index is 12.2. The molecule has 0 saturated carbocycles. The van der Waals surface area contributed by atoms with E-state index in [1.54, 1.807) is 0 Å². The fourth-order valence-corrected chi connectivity index (χ4v) is 3.82. The molecule has 0 aromatic rings. The first-order valence-corrected chi connectivity index (χ1v) is 7.02. The molecule has 2 bridgehead atoms. The Hall–Kier alpha value is -0.220. The van der Waals surface area contributed by atoms with Crippen LogP contribution in [-0.2, 0) is 9.53 Å². The van der Waals surface area contributed by atoms with Gasteiger partial charge in [0.05, 0.1) is 18.1 Å². The van der Waals surface area contributed by atoms with E-state index in [1.807, 2.05) is 16.7 Å². The molecule has 0 aliphatic carbocycles. The highest BCUT2D eigenvalue weighted by atomic mass is 32.2. The van der Waals surface area contributed by atoms with E-state index in [9.17, 15) is 4.79 Å². The van der Waals surface area contributed by atoms with Crippen molar-refractivity contribution in [2.75, 3.05) is 24.6 Å². The van der Waals surface area contributed by atoms with Crippen molar-refractivity contribution < 1.29 is 9.53 Å². The van der Waals surface area contributed by atoms with E-state index in [2.05, 4.69) is 0 Å². The number of thioether (sulfide) groups is 1. The number of ether oxygens (including phenoxy) is 1. The Balaban J connectivity index is 1.64. The van der Waals surface area contributed by atoms with E-state index in [1.165, 1.54) is 6.42 Å². The molecule has 3 saturated heterocycles. The van der Waals surface area contributed by atoms with Gasteiger partial charge < -0.3 is 9.64 Å². The Kier molecular flexibility index (Phi) is 2.64. The third-order valence-corrected chi connectivity index (χ3v) is 4.69. The lowest BCUT2D eigenvalue weighted by Gasteiger charge is -2.30. The van der Waals surface area contributed by atoms with Crippen molar-refractivity contribution in [2.45, 2.75) is 31.5 Å². The van der Waals surface area contributed by atoms with Crippen molar-refractivity contribution in [3.8, 4) is 0 Å². The smallest absolute Gasteiger partial charge is 0.228 e. The lowest BCUT2D eigenvalue weighted by Crippen LogP contribution is -2.44. The molecule has 1 amide bonds. The lowest BCUT2D eigenvalue weighted by atomic mass is 9.88. The predicted molar refractivity (Wildman–Crippen MR) is 59.9 cm³/mol. The summed E-state index contributed by atoms with van der Waals surface area (Å²) in [7, 11) is 0. The largest absolute Gasteiger partial charge is 0.374 e. The fraction of sp³-hybridized carbons (Fsp3) is 0.909. The van der Waals surface area contributed by atoms with E-state index in [-0.39, 0.29) is 12.0 Å². The predicted octanol–water partition coefficient (Wildman–Crippen LogP) is 1.13. The Morgan fingerprint density at radius 1 is 1.27 bits per heavy atom. The molecule has 84 valence electrons. The van der Waals surface area contributed by atoms with Gasteiger partial charge in [-0.3, -0.25) is 4.79 Å². The van der Waals surface area contributed by atoms with Crippen LogP contribution in [0.4, 0.5) is 0 Å². The molecule has 3 unspecified atom stereocenters. The van der Waals surface area contributed by atoms with E-state index >= 15 is 0 Å². The maximum absolute atomic E-state index is 12.2. The summed E-state index contributed by atoms with van der Waals surface area (Å²) < 4.78 is 5.74. The topological polar surface area (TPSA) is 29.5 Å². The number of fused-ring (bicyclic) bond motifs is 2. The molecular weight excluding hydrogens is 210 g/mol. The SMILES string of the molecule is O=C(C1CC2CCC1O2)N1CCSCC1. The standard InChI is InChI=1S/C11H17NO2S/c13-11(12-3-5-15-6-4-12)9-7-8-1-2-10(9)14-8/h8-10H,1-7H2. The number of amides is 1. The fourth-order valence-electron chi connectivity index (χ4n) is 2.92. The summed E-state index contributed by atoms with van der Waals surface area (Å²) in [5.41, 5.74) is 0. The highest BCUT2D eigenvalue weighted by Gasteiger charge is 2.45. The summed E-state index contributed by atoms with van der Waals surface area (Å²) in [6, 6.07) is 0. The van der Waals surface area contributed by atoms with Gasteiger partial charge in [-0.25, -0.2) is 0 Å². The second kappa shape index (κ2) is 3.98. The molecule has 3 atom stereocenters. The van der Waals surface area contributed by atoms with Crippen molar-refractivity contribution in [3.05, 3.63) is 0 Å². The zero-order chi connectivity index (χ0) is 10.3. The van der Waals surface area contributed by atoms with E-state index in [0.29, 0.717) is 12.0 Å². The highest BCUT2D eigenvalue weighted by molar-refractivity contribution is 7.99.